The first-order valence-corrected chi connectivity index (χ1v) is 4.23. The predicted octanol–water partition coefficient (Wildman–Crippen LogP) is -1.35. The molecule has 0 atom stereocenters. The molecule has 5 nitrogen and oxygen atoms in total. The molecule has 1 amide bonds. The average molecular weight is 186 g/mol. The Labute approximate surface area is 79.1 Å². The van der Waals surface area contributed by atoms with Crippen LogP contribution in [0.25, 0.3) is 6.20 Å². The largest absolute Gasteiger partial charge is 0.307 e. The molecule has 3 heterocycles. The summed E-state index contributed by atoms with van der Waals surface area (Å²) in [5.41, 5.74) is 0.622. The van der Waals surface area contributed by atoms with Crippen LogP contribution in [0.5, 0.6) is 0 Å². The van der Waals surface area contributed by atoms with Crippen molar-refractivity contribution in [3.63, 3.8) is 0 Å². The van der Waals surface area contributed by atoms with Crippen molar-refractivity contribution in [2.24, 2.45) is 9.98 Å². The predicted molar refractivity (Wildman–Crippen MR) is 48.6 cm³/mol. The van der Waals surface area contributed by atoms with E-state index in [1.807, 2.05) is 18.3 Å². The molecule has 0 aromatic carbocycles. The van der Waals surface area contributed by atoms with E-state index in [1.54, 1.807) is 11.1 Å². The minimum atomic E-state index is -0.159. The first-order valence-electron chi connectivity index (χ1n) is 4.23. The number of carbonyl (C=O) groups excluding carboxylic acids is 1. The van der Waals surface area contributed by atoms with E-state index in [1.165, 1.54) is 0 Å². The Hall–Kier alpha value is -2.04. The molecule has 0 bridgehead atoms. The van der Waals surface area contributed by atoms with E-state index < -0.39 is 0 Å². The molecule has 0 saturated heterocycles. The normalized spacial score (nSPS) is 17.9. The summed E-state index contributed by atoms with van der Waals surface area (Å²) >= 11 is 0. The van der Waals surface area contributed by atoms with Crippen molar-refractivity contribution < 1.29 is 4.79 Å². The van der Waals surface area contributed by atoms with E-state index in [-0.39, 0.29) is 12.5 Å². The van der Waals surface area contributed by atoms with Crippen LogP contribution in [0, 0.1) is 0 Å². The van der Waals surface area contributed by atoms with Crippen LogP contribution in [0.4, 0.5) is 0 Å². The lowest BCUT2D eigenvalue weighted by Crippen LogP contribution is -2.39. The van der Waals surface area contributed by atoms with E-state index in [4.69, 9.17) is 0 Å². The molecule has 0 aliphatic carbocycles. The van der Waals surface area contributed by atoms with E-state index >= 15 is 0 Å². The zero-order valence-electron chi connectivity index (χ0n) is 7.21. The van der Waals surface area contributed by atoms with Crippen LogP contribution >= 0.6 is 0 Å². The maximum atomic E-state index is 11.0. The number of hydrogen-bond donors (Lipinski definition) is 0. The van der Waals surface area contributed by atoms with Crippen molar-refractivity contribution in [1.82, 2.24) is 9.88 Å². The fourth-order valence-corrected chi connectivity index (χ4v) is 1.49. The van der Waals surface area contributed by atoms with Crippen LogP contribution in [-0.4, -0.2) is 28.3 Å². The van der Waals surface area contributed by atoms with Gasteiger partial charge in [0.15, 0.2) is 5.49 Å². The zero-order chi connectivity index (χ0) is 9.54. The third kappa shape index (κ3) is 0.953. The lowest BCUT2D eigenvalue weighted by molar-refractivity contribution is -0.116. The van der Waals surface area contributed by atoms with Gasteiger partial charge in [-0.2, -0.15) is 9.98 Å². The molecule has 0 unspecified atom stereocenters. The van der Waals surface area contributed by atoms with Gasteiger partial charge in [-0.05, 0) is 12.1 Å². The summed E-state index contributed by atoms with van der Waals surface area (Å²) < 4.78 is 0. The van der Waals surface area contributed by atoms with Gasteiger partial charge in [0.25, 0.3) is 5.91 Å². The Morgan fingerprint density at radius 2 is 2.29 bits per heavy atom. The highest BCUT2D eigenvalue weighted by molar-refractivity contribution is 6.03. The fraction of sp³-hybridized carbons (Fsp3) is 0.111. The summed E-state index contributed by atoms with van der Waals surface area (Å²) in [5.74, 6) is 0.286. The van der Waals surface area contributed by atoms with E-state index in [0.717, 1.165) is 5.22 Å². The van der Waals surface area contributed by atoms with Crippen LogP contribution in [0.2, 0.25) is 0 Å². The smallest absolute Gasteiger partial charge is 0.268 e. The van der Waals surface area contributed by atoms with Crippen molar-refractivity contribution in [2.45, 2.75) is 0 Å². The SMILES string of the molecule is O=C1CN2C=c3cccnc3=NC2=N1. The van der Waals surface area contributed by atoms with Crippen LogP contribution in [-0.2, 0) is 4.79 Å². The van der Waals surface area contributed by atoms with Gasteiger partial charge in [0.2, 0.25) is 5.96 Å². The quantitative estimate of drug-likeness (QED) is 0.503. The number of hydrogen-bond acceptors (Lipinski definition) is 4. The maximum absolute atomic E-state index is 11.0. The molecular formula is C9H6N4O. The number of nitrogens with zero attached hydrogens (tertiary/aromatic N) is 4. The lowest BCUT2D eigenvalue weighted by atomic mass is 10.3. The number of amides is 1. The first-order chi connectivity index (χ1) is 6.83. The average Bonchev–Trinajstić information content (AvgIpc) is 2.53. The monoisotopic (exact) mass is 186 g/mol. The Kier molecular flexibility index (Phi) is 1.30. The van der Waals surface area contributed by atoms with Gasteiger partial charge in [-0.25, -0.2) is 4.98 Å². The van der Waals surface area contributed by atoms with Crippen molar-refractivity contribution >= 4 is 18.1 Å². The summed E-state index contributed by atoms with van der Waals surface area (Å²) in [6.45, 7) is 0.285. The standard InChI is InChI=1S/C9H6N4O/c14-7-5-13-4-6-2-1-3-10-8(6)12-9(13)11-7/h1-4H,5H2. The third-order valence-electron chi connectivity index (χ3n) is 2.10. The van der Waals surface area contributed by atoms with Gasteiger partial charge in [0.1, 0.15) is 6.54 Å². The Balaban J connectivity index is 2.30. The number of fused-ring (bicyclic) bond motifs is 2. The number of guanidine groups is 1. The molecular weight excluding hydrogens is 180 g/mol. The summed E-state index contributed by atoms with van der Waals surface area (Å²) in [6.07, 6.45) is 3.52. The third-order valence-corrected chi connectivity index (χ3v) is 2.10. The molecule has 2 aliphatic heterocycles. The maximum Gasteiger partial charge on any atom is 0.268 e. The second-order valence-electron chi connectivity index (χ2n) is 3.09. The topological polar surface area (TPSA) is 57.9 Å². The summed E-state index contributed by atoms with van der Waals surface area (Å²) in [6, 6.07) is 3.75. The van der Waals surface area contributed by atoms with Gasteiger partial charge in [-0.3, -0.25) is 4.79 Å². The number of aliphatic imine (C=N–C) groups is 1. The molecule has 2 aliphatic rings. The zero-order valence-corrected chi connectivity index (χ0v) is 7.21. The first kappa shape index (κ1) is 7.37. The van der Waals surface area contributed by atoms with Crippen molar-refractivity contribution in [3.8, 4) is 0 Å². The van der Waals surface area contributed by atoms with E-state index in [2.05, 4.69) is 15.0 Å². The molecule has 1 aromatic heterocycles. The molecule has 5 heteroatoms. The van der Waals surface area contributed by atoms with E-state index in [0.29, 0.717) is 11.4 Å². The minimum absolute atomic E-state index is 0.159. The van der Waals surface area contributed by atoms with Gasteiger partial charge < -0.3 is 4.90 Å². The van der Waals surface area contributed by atoms with E-state index in [9.17, 15) is 4.79 Å². The molecule has 14 heavy (non-hydrogen) atoms. The second kappa shape index (κ2) is 2.47. The molecule has 0 radical (unpaired) electrons. The Morgan fingerprint density at radius 3 is 3.21 bits per heavy atom. The Morgan fingerprint density at radius 1 is 1.36 bits per heavy atom. The highest BCUT2D eigenvalue weighted by Gasteiger charge is 2.22. The number of pyridine rings is 1. The minimum Gasteiger partial charge on any atom is -0.307 e. The molecule has 0 saturated carbocycles. The molecule has 68 valence electrons. The van der Waals surface area contributed by atoms with Crippen LogP contribution in [0.1, 0.15) is 0 Å². The lowest BCUT2D eigenvalue weighted by Gasteiger charge is -2.12. The highest BCUT2D eigenvalue weighted by Crippen LogP contribution is 2.05. The number of rotatable bonds is 0. The molecule has 3 rings (SSSR count). The van der Waals surface area contributed by atoms with Gasteiger partial charge >= 0.3 is 0 Å². The van der Waals surface area contributed by atoms with Gasteiger partial charge in [-0.1, -0.05) is 0 Å². The molecule has 0 spiro atoms. The van der Waals surface area contributed by atoms with Crippen molar-refractivity contribution in [3.05, 3.63) is 29.0 Å². The van der Waals surface area contributed by atoms with Crippen LogP contribution in [0.15, 0.2) is 28.3 Å². The summed E-state index contributed by atoms with van der Waals surface area (Å²) in [5, 5.41) is 0.918. The van der Waals surface area contributed by atoms with Crippen molar-refractivity contribution in [2.75, 3.05) is 6.54 Å². The number of carbonyl (C=O) groups is 1. The summed E-state index contributed by atoms with van der Waals surface area (Å²) in [7, 11) is 0. The second-order valence-corrected chi connectivity index (χ2v) is 3.09. The number of aromatic nitrogens is 1. The highest BCUT2D eigenvalue weighted by atomic mass is 16.2. The fourth-order valence-electron chi connectivity index (χ4n) is 1.49. The summed E-state index contributed by atoms with van der Waals surface area (Å²) in [4.78, 5) is 24.8. The van der Waals surface area contributed by atoms with Crippen molar-refractivity contribution in [1.29, 1.82) is 0 Å². The van der Waals surface area contributed by atoms with Crippen LogP contribution < -0.4 is 10.7 Å². The van der Waals surface area contributed by atoms with Gasteiger partial charge in [0, 0.05) is 17.6 Å². The molecule has 1 aromatic rings. The van der Waals surface area contributed by atoms with Crippen LogP contribution in [0.3, 0.4) is 0 Å². The van der Waals surface area contributed by atoms with Gasteiger partial charge in [-0.15, -0.1) is 0 Å². The van der Waals surface area contributed by atoms with Gasteiger partial charge in [0.05, 0.1) is 0 Å². The molecule has 0 fully saturated rings. The molecule has 0 N–H and O–H groups in total. The Bertz CT molecular complexity index is 560.